The Kier molecular flexibility index (Phi) is 8.72. The van der Waals surface area contributed by atoms with Crippen LogP contribution in [-0.2, 0) is 16.4 Å². The molecule has 0 aliphatic heterocycles. The summed E-state index contributed by atoms with van der Waals surface area (Å²) in [7, 11) is -3.90. The average molecular weight is 489 g/mol. The highest BCUT2D eigenvalue weighted by Gasteiger charge is 2.17. The summed E-state index contributed by atoms with van der Waals surface area (Å²) in [6.45, 7) is -0.0910. The number of benzene rings is 3. The molecule has 3 rings (SSSR count). The van der Waals surface area contributed by atoms with Crippen molar-refractivity contribution in [3.05, 3.63) is 78.4 Å². The largest absolute Gasteiger partial charge is 0.508 e. The quantitative estimate of drug-likeness (QED) is 0.212. The van der Waals surface area contributed by atoms with Crippen LogP contribution in [0.3, 0.4) is 0 Å². The maximum absolute atomic E-state index is 12.5. The number of aliphatic hydroxyl groups is 2. The summed E-state index contributed by atoms with van der Waals surface area (Å²) in [6, 6.07) is 18.2. The van der Waals surface area contributed by atoms with E-state index < -0.39 is 16.1 Å². The van der Waals surface area contributed by atoms with Crippen LogP contribution >= 0.6 is 0 Å². The van der Waals surface area contributed by atoms with E-state index in [1.807, 2.05) is 0 Å². The van der Waals surface area contributed by atoms with Crippen molar-refractivity contribution in [2.24, 2.45) is 0 Å². The molecule has 0 aromatic heterocycles. The molecule has 2 atom stereocenters. The SMILES string of the molecule is O=S(=O)(Nc1cc(OC[C@@H](O)CN[C@H](CO)Cc2ccc(O)cc2)ccc1O)c1ccccc1. The van der Waals surface area contributed by atoms with Crippen LogP contribution in [0.2, 0.25) is 0 Å². The lowest BCUT2D eigenvalue weighted by molar-refractivity contribution is 0.0997. The van der Waals surface area contributed by atoms with Crippen LogP contribution < -0.4 is 14.8 Å². The minimum Gasteiger partial charge on any atom is -0.508 e. The molecule has 0 unspecified atom stereocenters. The minimum atomic E-state index is -3.90. The molecule has 0 radical (unpaired) electrons. The third kappa shape index (κ3) is 7.35. The number of rotatable bonds is 12. The van der Waals surface area contributed by atoms with Crippen molar-refractivity contribution in [3.63, 3.8) is 0 Å². The lowest BCUT2D eigenvalue weighted by Crippen LogP contribution is -2.41. The molecule has 34 heavy (non-hydrogen) atoms. The van der Waals surface area contributed by atoms with Crippen molar-refractivity contribution in [2.45, 2.75) is 23.5 Å². The number of ether oxygens (including phenoxy) is 1. The predicted octanol–water partition coefficient (Wildman–Crippen LogP) is 1.83. The number of sulfonamides is 1. The van der Waals surface area contributed by atoms with E-state index in [4.69, 9.17) is 4.74 Å². The second-order valence-corrected chi connectivity index (χ2v) is 9.40. The van der Waals surface area contributed by atoms with Gasteiger partial charge in [-0.1, -0.05) is 30.3 Å². The van der Waals surface area contributed by atoms with Crippen molar-refractivity contribution < 1.29 is 33.6 Å². The van der Waals surface area contributed by atoms with Crippen LogP contribution in [0.15, 0.2) is 77.7 Å². The Morgan fingerprint density at radius 3 is 2.32 bits per heavy atom. The van der Waals surface area contributed by atoms with Gasteiger partial charge >= 0.3 is 0 Å². The van der Waals surface area contributed by atoms with Crippen LogP contribution in [0, 0.1) is 0 Å². The monoisotopic (exact) mass is 488 g/mol. The molecule has 182 valence electrons. The molecule has 0 saturated heterocycles. The van der Waals surface area contributed by atoms with Gasteiger partial charge in [-0.3, -0.25) is 4.72 Å². The van der Waals surface area contributed by atoms with Gasteiger partial charge in [0.05, 0.1) is 17.2 Å². The average Bonchev–Trinajstić information content (AvgIpc) is 2.83. The molecule has 3 aromatic rings. The summed E-state index contributed by atoms with van der Waals surface area (Å²) in [4.78, 5) is 0.0490. The Balaban J connectivity index is 1.53. The molecular weight excluding hydrogens is 460 g/mol. The number of phenols is 2. The number of aromatic hydroxyl groups is 2. The van der Waals surface area contributed by atoms with Crippen LogP contribution in [0.25, 0.3) is 0 Å². The van der Waals surface area contributed by atoms with E-state index in [0.29, 0.717) is 6.42 Å². The molecule has 0 amide bonds. The highest BCUT2D eigenvalue weighted by molar-refractivity contribution is 7.92. The lowest BCUT2D eigenvalue weighted by Gasteiger charge is -2.19. The van der Waals surface area contributed by atoms with E-state index >= 15 is 0 Å². The molecular formula is C24H28N2O7S. The van der Waals surface area contributed by atoms with E-state index in [-0.39, 0.29) is 53.6 Å². The molecule has 0 aliphatic rings. The number of phenolic OH excluding ortho intramolecular Hbond substituents is 2. The van der Waals surface area contributed by atoms with Gasteiger partial charge in [-0.25, -0.2) is 8.42 Å². The molecule has 10 heteroatoms. The first-order chi connectivity index (χ1) is 16.3. The zero-order chi connectivity index (χ0) is 24.6. The van der Waals surface area contributed by atoms with E-state index in [1.165, 1.54) is 30.3 Å². The summed E-state index contributed by atoms with van der Waals surface area (Å²) >= 11 is 0. The standard InChI is InChI=1S/C24H28N2O7S/c27-15-18(12-17-6-8-19(28)9-7-17)25-14-20(29)16-33-21-10-11-24(30)23(13-21)26-34(31,32)22-4-2-1-3-5-22/h1-11,13,18,20,25-30H,12,14-16H2/t18-,20-/m0/s1. The van der Waals surface area contributed by atoms with Crippen molar-refractivity contribution >= 4 is 15.7 Å². The molecule has 3 aromatic carbocycles. The smallest absolute Gasteiger partial charge is 0.262 e. The normalized spacial score (nSPS) is 13.2. The fourth-order valence-corrected chi connectivity index (χ4v) is 4.25. The van der Waals surface area contributed by atoms with Gasteiger partial charge in [-0.15, -0.1) is 0 Å². The zero-order valence-corrected chi connectivity index (χ0v) is 19.1. The summed E-state index contributed by atoms with van der Waals surface area (Å²) in [5.74, 6) is 0.148. The molecule has 0 spiro atoms. The molecule has 0 aliphatic carbocycles. The Labute approximate surface area is 198 Å². The molecule has 0 heterocycles. The van der Waals surface area contributed by atoms with Gasteiger partial charge in [0.15, 0.2) is 0 Å². The fraction of sp³-hybridized carbons (Fsp3) is 0.250. The Bertz CT molecular complexity index is 1160. The highest BCUT2D eigenvalue weighted by Crippen LogP contribution is 2.30. The Hall–Kier alpha value is -3.31. The summed E-state index contributed by atoms with van der Waals surface area (Å²) in [6.07, 6.45) is -0.403. The number of hydrogen-bond donors (Lipinski definition) is 6. The number of aliphatic hydroxyl groups excluding tert-OH is 2. The molecule has 0 saturated carbocycles. The third-order valence-electron chi connectivity index (χ3n) is 4.99. The van der Waals surface area contributed by atoms with Gasteiger partial charge < -0.3 is 30.5 Å². The maximum Gasteiger partial charge on any atom is 0.262 e. The Morgan fingerprint density at radius 1 is 0.941 bits per heavy atom. The van der Waals surface area contributed by atoms with Gasteiger partial charge in [-0.05, 0) is 48.4 Å². The van der Waals surface area contributed by atoms with Crippen LogP contribution in [0.4, 0.5) is 5.69 Å². The lowest BCUT2D eigenvalue weighted by atomic mass is 10.1. The molecule has 6 N–H and O–H groups in total. The van der Waals surface area contributed by atoms with Crippen LogP contribution in [0.1, 0.15) is 5.56 Å². The Morgan fingerprint density at radius 2 is 1.65 bits per heavy atom. The molecule has 0 fully saturated rings. The molecule has 0 bridgehead atoms. The number of hydrogen-bond acceptors (Lipinski definition) is 8. The van der Waals surface area contributed by atoms with Crippen molar-refractivity contribution in [3.8, 4) is 17.2 Å². The zero-order valence-electron chi connectivity index (χ0n) is 18.3. The second-order valence-electron chi connectivity index (χ2n) is 7.72. The van der Waals surface area contributed by atoms with E-state index in [9.17, 15) is 28.8 Å². The summed E-state index contributed by atoms with van der Waals surface area (Å²) < 4.78 is 32.9. The van der Waals surface area contributed by atoms with Crippen LogP contribution in [0.5, 0.6) is 17.2 Å². The van der Waals surface area contributed by atoms with Crippen LogP contribution in [-0.4, -0.2) is 60.7 Å². The van der Waals surface area contributed by atoms with Crippen molar-refractivity contribution in [1.82, 2.24) is 5.32 Å². The van der Waals surface area contributed by atoms with E-state index in [2.05, 4.69) is 10.0 Å². The van der Waals surface area contributed by atoms with Gasteiger partial charge in [0, 0.05) is 18.7 Å². The van der Waals surface area contributed by atoms with E-state index in [0.717, 1.165) is 5.56 Å². The third-order valence-corrected chi connectivity index (χ3v) is 6.37. The van der Waals surface area contributed by atoms with Gasteiger partial charge in [0.1, 0.15) is 30.0 Å². The number of anilines is 1. The van der Waals surface area contributed by atoms with Gasteiger partial charge in [-0.2, -0.15) is 0 Å². The maximum atomic E-state index is 12.5. The first-order valence-electron chi connectivity index (χ1n) is 10.6. The first kappa shape index (κ1) is 25.3. The first-order valence-corrected chi connectivity index (χ1v) is 12.1. The van der Waals surface area contributed by atoms with E-state index in [1.54, 1.807) is 42.5 Å². The number of nitrogens with one attached hydrogen (secondary N) is 2. The van der Waals surface area contributed by atoms with Gasteiger partial charge in [0.25, 0.3) is 10.0 Å². The van der Waals surface area contributed by atoms with Crippen molar-refractivity contribution in [2.75, 3.05) is 24.5 Å². The van der Waals surface area contributed by atoms with Gasteiger partial charge in [0.2, 0.25) is 0 Å². The fourth-order valence-electron chi connectivity index (χ4n) is 3.16. The minimum absolute atomic E-state index is 0.0490. The summed E-state index contributed by atoms with van der Waals surface area (Å²) in [5.41, 5.74) is 0.868. The topological polar surface area (TPSA) is 148 Å². The predicted molar refractivity (Wildman–Crippen MR) is 128 cm³/mol. The summed E-state index contributed by atoms with van der Waals surface area (Å²) in [5, 5.41) is 42.3. The second kappa shape index (κ2) is 11.7. The highest BCUT2D eigenvalue weighted by atomic mass is 32.2. The molecule has 9 nitrogen and oxygen atoms in total. The van der Waals surface area contributed by atoms with Crippen molar-refractivity contribution in [1.29, 1.82) is 0 Å².